The van der Waals surface area contributed by atoms with E-state index in [-0.39, 0.29) is 5.56 Å². The fourth-order valence-electron chi connectivity index (χ4n) is 1.87. The molecule has 1 heterocycles. The molecule has 0 radical (unpaired) electrons. The van der Waals surface area contributed by atoms with E-state index < -0.39 is 29.8 Å². The minimum Gasteiger partial charge on any atom is -0.480 e. The van der Waals surface area contributed by atoms with E-state index in [1.54, 1.807) is 18.2 Å². The van der Waals surface area contributed by atoms with Crippen LogP contribution >= 0.6 is 0 Å². The van der Waals surface area contributed by atoms with Crippen LogP contribution in [0.2, 0.25) is 0 Å². The van der Waals surface area contributed by atoms with E-state index in [4.69, 9.17) is 5.73 Å². The normalized spacial score (nSPS) is 14.7. The zero-order valence-electron chi connectivity index (χ0n) is 10.7. The minimum atomic E-state index is -4.54. The van der Waals surface area contributed by atoms with Crippen LogP contribution < -0.4 is 5.73 Å². The number of nitrogens with zero attached hydrogens (tertiary/aromatic N) is 2. The summed E-state index contributed by atoms with van der Waals surface area (Å²) >= 11 is 0. The van der Waals surface area contributed by atoms with Crippen LogP contribution in [-0.4, -0.2) is 20.9 Å². The summed E-state index contributed by atoms with van der Waals surface area (Å²) in [5, 5.41) is 12.9. The van der Waals surface area contributed by atoms with E-state index in [1.807, 2.05) is 0 Å². The van der Waals surface area contributed by atoms with Crippen LogP contribution in [0.1, 0.15) is 11.1 Å². The van der Waals surface area contributed by atoms with Gasteiger partial charge in [-0.15, -0.1) is 0 Å². The first-order chi connectivity index (χ1) is 9.73. The Hall–Kier alpha value is -2.35. The third-order valence-corrected chi connectivity index (χ3v) is 3.04. The van der Waals surface area contributed by atoms with E-state index in [0.717, 1.165) is 10.9 Å². The van der Waals surface area contributed by atoms with Crippen molar-refractivity contribution in [2.75, 3.05) is 0 Å². The summed E-state index contributed by atoms with van der Waals surface area (Å²) in [6.07, 6.45) is -3.17. The molecule has 0 aliphatic rings. The van der Waals surface area contributed by atoms with Gasteiger partial charge in [-0.1, -0.05) is 30.3 Å². The molecule has 2 rings (SSSR count). The maximum atomic E-state index is 12.5. The summed E-state index contributed by atoms with van der Waals surface area (Å²) in [4.78, 5) is 11.4. The molecule has 1 atom stereocenters. The summed E-state index contributed by atoms with van der Waals surface area (Å²) in [6.45, 7) is -0.414. The molecular formula is C13H12F3N3O2. The Morgan fingerprint density at radius 1 is 1.24 bits per heavy atom. The number of alkyl halides is 3. The van der Waals surface area contributed by atoms with Crippen molar-refractivity contribution in [1.29, 1.82) is 0 Å². The number of benzene rings is 1. The van der Waals surface area contributed by atoms with Crippen molar-refractivity contribution in [3.8, 4) is 0 Å². The van der Waals surface area contributed by atoms with E-state index in [2.05, 4.69) is 5.10 Å². The molecule has 0 saturated heterocycles. The van der Waals surface area contributed by atoms with E-state index in [1.165, 1.54) is 12.1 Å². The molecule has 0 spiro atoms. The highest BCUT2D eigenvalue weighted by atomic mass is 19.4. The number of hydrogen-bond donors (Lipinski definition) is 2. The van der Waals surface area contributed by atoms with Gasteiger partial charge in [-0.2, -0.15) is 18.3 Å². The molecule has 3 N–H and O–H groups in total. The maximum absolute atomic E-state index is 12.5. The largest absolute Gasteiger partial charge is 0.480 e. The molecule has 0 fully saturated rings. The molecule has 0 bridgehead atoms. The van der Waals surface area contributed by atoms with Crippen molar-refractivity contribution in [3.05, 3.63) is 53.9 Å². The molecular weight excluding hydrogens is 287 g/mol. The summed E-state index contributed by atoms with van der Waals surface area (Å²) in [7, 11) is 0. The molecule has 21 heavy (non-hydrogen) atoms. The van der Waals surface area contributed by atoms with Crippen LogP contribution in [0.25, 0.3) is 0 Å². The summed E-state index contributed by atoms with van der Waals surface area (Å²) < 4.78 is 38.4. The SMILES string of the molecule is NC(Cn1cc(C(F)(F)F)cn1)(C(=O)O)c1ccccc1. The third kappa shape index (κ3) is 3.05. The lowest BCUT2D eigenvalue weighted by atomic mass is 9.91. The maximum Gasteiger partial charge on any atom is 0.419 e. The molecule has 112 valence electrons. The first kappa shape index (κ1) is 15.0. The van der Waals surface area contributed by atoms with Gasteiger partial charge in [0.1, 0.15) is 0 Å². The first-order valence-corrected chi connectivity index (χ1v) is 5.91. The van der Waals surface area contributed by atoms with Crippen molar-refractivity contribution in [1.82, 2.24) is 9.78 Å². The van der Waals surface area contributed by atoms with Crippen molar-refractivity contribution < 1.29 is 23.1 Å². The predicted molar refractivity (Wildman–Crippen MR) is 67.2 cm³/mol. The Labute approximate surface area is 117 Å². The van der Waals surface area contributed by atoms with Crippen LogP contribution in [0, 0.1) is 0 Å². The quantitative estimate of drug-likeness (QED) is 0.902. The molecule has 1 unspecified atom stereocenters. The van der Waals surface area contributed by atoms with Gasteiger partial charge in [-0.3, -0.25) is 4.68 Å². The predicted octanol–water partition coefficient (Wildman–Crippen LogP) is 1.84. The second kappa shape index (κ2) is 5.21. The van der Waals surface area contributed by atoms with Crippen molar-refractivity contribution in [2.45, 2.75) is 18.3 Å². The molecule has 5 nitrogen and oxygen atoms in total. The summed E-state index contributed by atoms with van der Waals surface area (Å²) in [6, 6.07) is 7.89. The molecule has 0 saturated carbocycles. The number of aromatic nitrogens is 2. The van der Waals surface area contributed by atoms with Gasteiger partial charge in [-0.05, 0) is 5.56 Å². The molecule has 8 heteroatoms. The van der Waals surface area contributed by atoms with Gasteiger partial charge in [0, 0.05) is 6.20 Å². The number of hydrogen-bond acceptors (Lipinski definition) is 3. The Bertz CT molecular complexity index is 640. The zero-order valence-corrected chi connectivity index (χ0v) is 10.7. The van der Waals surface area contributed by atoms with Gasteiger partial charge in [0.25, 0.3) is 0 Å². The number of nitrogens with two attached hydrogens (primary N) is 1. The number of carboxylic acids is 1. The van der Waals surface area contributed by atoms with Crippen LogP contribution in [0.4, 0.5) is 13.2 Å². The number of aliphatic carboxylic acids is 1. The van der Waals surface area contributed by atoms with Gasteiger partial charge in [0.2, 0.25) is 0 Å². The highest BCUT2D eigenvalue weighted by Gasteiger charge is 2.38. The van der Waals surface area contributed by atoms with Gasteiger partial charge in [0.15, 0.2) is 5.54 Å². The summed E-state index contributed by atoms with van der Waals surface area (Å²) in [5.41, 5.74) is 3.33. The second-order valence-corrected chi connectivity index (χ2v) is 4.57. The van der Waals surface area contributed by atoms with Crippen molar-refractivity contribution in [3.63, 3.8) is 0 Å². The average Bonchev–Trinajstić information content (AvgIpc) is 2.88. The lowest BCUT2D eigenvalue weighted by Crippen LogP contribution is -2.48. The van der Waals surface area contributed by atoms with E-state index in [0.29, 0.717) is 6.20 Å². The number of carboxylic acid groups (broad SMARTS) is 1. The lowest BCUT2D eigenvalue weighted by Gasteiger charge is -2.25. The van der Waals surface area contributed by atoms with Gasteiger partial charge >= 0.3 is 12.1 Å². The Morgan fingerprint density at radius 2 is 1.86 bits per heavy atom. The van der Waals surface area contributed by atoms with Crippen LogP contribution in [0.5, 0.6) is 0 Å². The Morgan fingerprint density at radius 3 is 2.33 bits per heavy atom. The monoisotopic (exact) mass is 299 g/mol. The first-order valence-electron chi connectivity index (χ1n) is 5.91. The van der Waals surface area contributed by atoms with E-state index >= 15 is 0 Å². The molecule has 0 aliphatic heterocycles. The van der Waals surface area contributed by atoms with Gasteiger partial charge in [-0.25, -0.2) is 4.79 Å². The smallest absolute Gasteiger partial charge is 0.419 e. The molecule has 1 aromatic heterocycles. The Kier molecular flexibility index (Phi) is 3.73. The standard InChI is InChI=1S/C13H12F3N3O2/c14-13(15,16)10-6-18-19(7-10)8-12(17,11(20)21)9-4-2-1-3-5-9/h1-7H,8,17H2,(H,20,21). The number of carbonyl (C=O) groups is 1. The fourth-order valence-corrected chi connectivity index (χ4v) is 1.87. The topological polar surface area (TPSA) is 81.1 Å². The van der Waals surface area contributed by atoms with Crippen LogP contribution in [-0.2, 0) is 23.1 Å². The zero-order chi connectivity index (χ0) is 15.7. The van der Waals surface area contributed by atoms with Crippen LogP contribution in [0.15, 0.2) is 42.7 Å². The van der Waals surface area contributed by atoms with Crippen molar-refractivity contribution >= 4 is 5.97 Å². The van der Waals surface area contributed by atoms with E-state index in [9.17, 15) is 23.1 Å². The van der Waals surface area contributed by atoms with Crippen molar-refractivity contribution in [2.24, 2.45) is 5.73 Å². The molecule has 2 aromatic rings. The highest BCUT2D eigenvalue weighted by molar-refractivity contribution is 5.80. The summed E-state index contributed by atoms with van der Waals surface area (Å²) in [5.74, 6) is -1.35. The Balaban J connectivity index is 2.34. The molecule has 0 aliphatic carbocycles. The molecule has 1 aromatic carbocycles. The third-order valence-electron chi connectivity index (χ3n) is 3.04. The minimum absolute atomic E-state index is 0.279. The fraction of sp³-hybridized carbons (Fsp3) is 0.231. The number of halogens is 3. The number of rotatable bonds is 4. The van der Waals surface area contributed by atoms with Crippen LogP contribution in [0.3, 0.4) is 0 Å². The molecule has 0 amide bonds. The lowest BCUT2D eigenvalue weighted by molar-refractivity contribution is -0.144. The highest BCUT2D eigenvalue weighted by Crippen LogP contribution is 2.29. The second-order valence-electron chi connectivity index (χ2n) is 4.57. The average molecular weight is 299 g/mol. The van der Waals surface area contributed by atoms with Gasteiger partial charge in [0.05, 0.1) is 18.3 Å². The van der Waals surface area contributed by atoms with Gasteiger partial charge < -0.3 is 10.8 Å².